The zero-order chi connectivity index (χ0) is 13.6. The summed E-state index contributed by atoms with van der Waals surface area (Å²) in [6, 6.07) is 5.77. The van der Waals surface area contributed by atoms with E-state index in [9.17, 15) is 9.90 Å². The third kappa shape index (κ3) is 1.72. The van der Waals surface area contributed by atoms with Gasteiger partial charge in [-0.25, -0.2) is 4.79 Å². The van der Waals surface area contributed by atoms with Crippen LogP contribution >= 0.6 is 0 Å². The number of carboxylic acid groups (broad SMARTS) is 1. The molecule has 3 heteroatoms. The Kier molecular flexibility index (Phi) is 2.77. The molecule has 0 fully saturated rings. The van der Waals surface area contributed by atoms with E-state index in [1.807, 2.05) is 25.1 Å². The largest absolute Gasteiger partial charge is 0.478 e. The second-order valence-corrected chi connectivity index (χ2v) is 5.27. The maximum Gasteiger partial charge on any atom is 0.336 e. The summed E-state index contributed by atoms with van der Waals surface area (Å²) in [5.74, 6) is -0.414. The molecule has 19 heavy (non-hydrogen) atoms. The predicted molar refractivity (Wildman–Crippen MR) is 74.8 cm³/mol. The summed E-state index contributed by atoms with van der Waals surface area (Å²) < 4.78 is 0. The molecule has 0 saturated heterocycles. The third-order valence-electron chi connectivity index (χ3n) is 4.19. The van der Waals surface area contributed by atoms with E-state index in [2.05, 4.69) is 6.92 Å². The standard InChI is InChI=1S/C16H17NO2/c1-3-10-7-8-12-13(16(18)19)11-6-4-5-9(2)14(11)17-15(10)12/h4-6,10H,3,7-8H2,1-2H3,(H,18,19). The number of rotatable bonds is 2. The number of hydrogen-bond acceptors (Lipinski definition) is 2. The highest BCUT2D eigenvalue weighted by atomic mass is 16.4. The van der Waals surface area contributed by atoms with Gasteiger partial charge in [-0.05, 0) is 37.3 Å². The SMILES string of the molecule is CCC1CCc2c1nc1c(C)cccc1c2C(=O)O. The molecule has 0 aliphatic heterocycles. The number of benzene rings is 1. The van der Waals surface area contributed by atoms with Gasteiger partial charge < -0.3 is 5.11 Å². The average Bonchev–Trinajstić information content (AvgIpc) is 2.79. The van der Waals surface area contributed by atoms with Crippen molar-refractivity contribution in [2.75, 3.05) is 0 Å². The van der Waals surface area contributed by atoms with Crippen molar-refractivity contribution in [1.82, 2.24) is 4.98 Å². The van der Waals surface area contributed by atoms with Crippen LogP contribution < -0.4 is 0 Å². The summed E-state index contributed by atoms with van der Waals surface area (Å²) in [5, 5.41) is 10.3. The van der Waals surface area contributed by atoms with Crippen LogP contribution in [0.4, 0.5) is 0 Å². The van der Waals surface area contributed by atoms with Gasteiger partial charge in [0.05, 0.1) is 11.1 Å². The van der Waals surface area contributed by atoms with Crippen molar-refractivity contribution >= 4 is 16.9 Å². The van der Waals surface area contributed by atoms with Gasteiger partial charge >= 0.3 is 5.97 Å². The van der Waals surface area contributed by atoms with Gasteiger partial charge in [0.25, 0.3) is 0 Å². The van der Waals surface area contributed by atoms with Crippen LogP contribution in [-0.4, -0.2) is 16.1 Å². The number of aryl methyl sites for hydroxylation is 1. The van der Waals surface area contributed by atoms with Crippen LogP contribution in [0, 0.1) is 6.92 Å². The van der Waals surface area contributed by atoms with E-state index in [0.29, 0.717) is 11.5 Å². The van der Waals surface area contributed by atoms with E-state index in [-0.39, 0.29) is 0 Å². The Bertz CT molecular complexity index is 676. The summed E-state index contributed by atoms with van der Waals surface area (Å²) >= 11 is 0. The Hall–Kier alpha value is -1.90. The van der Waals surface area contributed by atoms with Crippen molar-refractivity contribution in [3.8, 4) is 0 Å². The quantitative estimate of drug-likeness (QED) is 0.890. The lowest BCUT2D eigenvalue weighted by Gasteiger charge is -2.13. The number of fused-ring (bicyclic) bond motifs is 2. The first-order valence-corrected chi connectivity index (χ1v) is 6.78. The molecular formula is C16H17NO2. The maximum absolute atomic E-state index is 11.7. The summed E-state index contributed by atoms with van der Waals surface area (Å²) in [7, 11) is 0. The number of hydrogen-bond donors (Lipinski definition) is 1. The minimum atomic E-state index is -0.828. The maximum atomic E-state index is 11.7. The lowest BCUT2D eigenvalue weighted by molar-refractivity contribution is 0.0698. The molecule has 0 saturated carbocycles. The molecule has 3 rings (SSSR count). The Morgan fingerprint density at radius 3 is 2.95 bits per heavy atom. The van der Waals surface area contributed by atoms with E-state index < -0.39 is 5.97 Å². The van der Waals surface area contributed by atoms with E-state index in [1.54, 1.807) is 0 Å². The van der Waals surface area contributed by atoms with Gasteiger partial charge in [0.2, 0.25) is 0 Å². The first kappa shape index (κ1) is 12.2. The molecule has 1 aromatic carbocycles. The Labute approximate surface area is 112 Å². The normalized spacial score (nSPS) is 17.7. The van der Waals surface area contributed by atoms with Gasteiger partial charge in [-0.1, -0.05) is 25.1 Å². The summed E-state index contributed by atoms with van der Waals surface area (Å²) in [6.07, 6.45) is 2.89. The molecule has 1 unspecified atom stereocenters. The number of pyridine rings is 1. The van der Waals surface area contributed by atoms with Gasteiger partial charge in [0.1, 0.15) is 0 Å². The van der Waals surface area contributed by atoms with Crippen LogP contribution in [0.15, 0.2) is 18.2 Å². The highest BCUT2D eigenvalue weighted by Crippen LogP contribution is 2.39. The van der Waals surface area contributed by atoms with Crippen LogP contribution in [-0.2, 0) is 6.42 Å². The van der Waals surface area contributed by atoms with Crippen molar-refractivity contribution in [2.45, 2.75) is 39.0 Å². The molecule has 1 heterocycles. The van der Waals surface area contributed by atoms with Gasteiger partial charge in [-0.3, -0.25) is 4.98 Å². The van der Waals surface area contributed by atoms with Crippen LogP contribution in [0.1, 0.15) is 52.9 Å². The first-order valence-electron chi connectivity index (χ1n) is 6.78. The Morgan fingerprint density at radius 1 is 1.47 bits per heavy atom. The van der Waals surface area contributed by atoms with Gasteiger partial charge in [0, 0.05) is 17.0 Å². The van der Waals surface area contributed by atoms with Crippen LogP contribution in [0.25, 0.3) is 10.9 Å². The molecule has 1 N–H and O–H groups in total. The smallest absolute Gasteiger partial charge is 0.336 e. The fourth-order valence-corrected chi connectivity index (χ4v) is 3.18. The average molecular weight is 255 g/mol. The Morgan fingerprint density at radius 2 is 2.26 bits per heavy atom. The van der Waals surface area contributed by atoms with E-state index >= 15 is 0 Å². The third-order valence-corrected chi connectivity index (χ3v) is 4.19. The molecule has 0 bridgehead atoms. The molecule has 1 aliphatic rings. The number of nitrogens with zero attached hydrogens (tertiary/aromatic N) is 1. The van der Waals surface area contributed by atoms with E-state index in [0.717, 1.165) is 47.0 Å². The monoisotopic (exact) mass is 255 g/mol. The van der Waals surface area contributed by atoms with Crippen LogP contribution in [0.3, 0.4) is 0 Å². The topological polar surface area (TPSA) is 50.2 Å². The summed E-state index contributed by atoms with van der Waals surface area (Å²) in [4.78, 5) is 16.4. The van der Waals surface area contributed by atoms with Crippen molar-refractivity contribution in [3.05, 3.63) is 40.6 Å². The zero-order valence-electron chi connectivity index (χ0n) is 11.2. The van der Waals surface area contributed by atoms with Crippen molar-refractivity contribution in [3.63, 3.8) is 0 Å². The summed E-state index contributed by atoms with van der Waals surface area (Å²) in [6.45, 7) is 4.13. The lowest BCUT2D eigenvalue weighted by Crippen LogP contribution is -2.07. The van der Waals surface area contributed by atoms with Gasteiger partial charge in [-0.2, -0.15) is 0 Å². The highest BCUT2D eigenvalue weighted by Gasteiger charge is 2.29. The minimum Gasteiger partial charge on any atom is -0.478 e. The Balaban J connectivity index is 2.42. The second-order valence-electron chi connectivity index (χ2n) is 5.27. The van der Waals surface area contributed by atoms with Crippen LogP contribution in [0.2, 0.25) is 0 Å². The minimum absolute atomic E-state index is 0.414. The fraction of sp³-hybridized carbons (Fsp3) is 0.375. The molecule has 0 spiro atoms. The molecule has 0 radical (unpaired) electrons. The summed E-state index contributed by atoms with van der Waals surface area (Å²) in [5.41, 5.74) is 4.34. The van der Waals surface area contributed by atoms with E-state index in [1.165, 1.54) is 0 Å². The van der Waals surface area contributed by atoms with E-state index in [4.69, 9.17) is 4.98 Å². The molecule has 2 aromatic rings. The van der Waals surface area contributed by atoms with Crippen molar-refractivity contribution in [2.24, 2.45) is 0 Å². The first-order chi connectivity index (χ1) is 9.13. The second kappa shape index (κ2) is 4.34. The zero-order valence-corrected chi connectivity index (χ0v) is 11.2. The van der Waals surface area contributed by atoms with Crippen molar-refractivity contribution < 1.29 is 9.90 Å². The number of carboxylic acids is 1. The molecule has 3 nitrogen and oxygen atoms in total. The van der Waals surface area contributed by atoms with Gasteiger partial charge in [-0.15, -0.1) is 0 Å². The lowest BCUT2D eigenvalue weighted by atomic mass is 9.97. The van der Waals surface area contributed by atoms with Gasteiger partial charge in [0.15, 0.2) is 0 Å². The molecule has 98 valence electrons. The molecule has 0 amide bonds. The molecule has 1 atom stereocenters. The molecule has 1 aromatic heterocycles. The number of carbonyl (C=O) groups is 1. The fourth-order valence-electron chi connectivity index (χ4n) is 3.18. The molecule has 1 aliphatic carbocycles. The van der Waals surface area contributed by atoms with Crippen molar-refractivity contribution in [1.29, 1.82) is 0 Å². The highest BCUT2D eigenvalue weighted by molar-refractivity contribution is 6.05. The number of para-hydroxylation sites is 1. The number of aromatic carboxylic acids is 1. The number of aromatic nitrogens is 1. The van der Waals surface area contributed by atoms with Crippen LogP contribution in [0.5, 0.6) is 0 Å². The molecular weight excluding hydrogens is 238 g/mol. The predicted octanol–water partition coefficient (Wildman–Crippen LogP) is 3.68.